The molecule has 4 rings (SSSR count). The van der Waals surface area contributed by atoms with Crippen LogP contribution in [0.2, 0.25) is 0 Å². The summed E-state index contributed by atoms with van der Waals surface area (Å²) in [6.45, 7) is 4.14. The van der Waals surface area contributed by atoms with Crippen LogP contribution in [0.25, 0.3) is 0 Å². The number of nitrogen functional groups attached to an aromatic ring is 1. The molecule has 1 aromatic carbocycles. The van der Waals surface area contributed by atoms with E-state index in [4.69, 9.17) is 5.73 Å². The third-order valence-corrected chi connectivity index (χ3v) is 4.87. The van der Waals surface area contributed by atoms with Gasteiger partial charge in [-0.3, -0.25) is 14.6 Å². The number of anilines is 2. The van der Waals surface area contributed by atoms with E-state index in [0.717, 1.165) is 17.7 Å². The molecule has 2 aromatic rings. The standard InChI is InChI=1S/C19H20N4O2/c1-19(2)8-11-14(12(24)9-19)13(10-6-4-3-5-7-10)15-16(21-11)22-18(20)23-17(15)25/h3-7,13H,8-9H2,1-2H3,(H4,20,21,22,23,25)/t13-/m1/s1. The molecule has 25 heavy (non-hydrogen) atoms. The number of nitrogens with two attached hydrogens (primary N) is 1. The second kappa shape index (κ2) is 5.31. The lowest BCUT2D eigenvalue weighted by Gasteiger charge is -2.38. The first-order valence-corrected chi connectivity index (χ1v) is 8.34. The van der Waals surface area contributed by atoms with E-state index in [9.17, 15) is 9.59 Å². The minimum absolute atomic E-state index is 0.0634. The van der Waals surface area contributed by atoms with Gasteiger partial charge < -0.3 is 11.1 Å². The molecule has 1 atom stereocenters. The first kappa shape index (κ1) is 15.6. The molecule has 128 valence electrons. The van der Waals surface area contributed by atoms with Crippen LogP contribution in [0.3, 0.4) is 0 Å². The maximum atomic E-state index is 13.0. The fourth-order valence-corrected chi connectivity index (χ4v) is 3.91. The predicted octanol–water partition coefficient (Wildman–Crippen LogP) is 2.55. The fourth-order valence-electron chi connectivity index (χ4n) is 3.91. The molecule has 0 amide bonds. The first-order valence-electron chi connectivity index (χ1n) is 8.34. The number of ketones is 1. The van der Waals surface area contributed by atoms with Crippen molar-refractivity contribution < 1.29 is 4.79 Å². The van der Waals surface area contributed by atoms with Gasteiger partial charge in [-0.05, 0) is 17.4 Å². The van der Waals surface area contributed by atoms with Crippen LogP contribution in [0.1, 0.15) is 43.7 Å². The number of allylic oxidation sites excluding steroid dienone is 2. The normalized spacial score (nSPS) is 21.4. The van der Waals surface area contributed by atoms with Gasteiger partial charge in [-0.15, -0.1) is 0 Å². The van der Waals surface area contributed by atoms with Crippen molar-refractivity contribution in [3.63, 3.8) is 0 Å². The summed E-state index contributed by atoms with van der Waals surface area (Å²) >= 11 is 0. The van der Waals surface area contributed by atoms with Gasteiger partial charge >= 0.3 is 0 Å². The number of aromatic nitrogens is 2. The molecule has 0 radical (unpaired) electrons. The number of hydrogen-bond acceptors (Lipinski definition) is 5. The Kier molecular flexibility index (Phi) is 3.32. The number of nitrogens with one attached hydrogen (secondary N) is 2. The summed E-state index contributed by atoms with van der Waals surface area (Å²) in [5.74, 6) is 0.162. The molecule has 6 nitrogen and oxygen atoms in total. The average Bonchev–Trinajstić information content (AvgIpc) is 2.52. The summed E-state index contributed by atoms with van der Waals surface area (Å²) < 4.78 is 0. The Bertz CT molecular complexity index is 957. The van der Waals surface area contributed by atoms with Crippen LogP contribution in [-0.4, -0.2) is 15.8 Å². The number of benzene rings is 1. The summed E-state index contributed by atoms with van der Waals surface area (Å²) in [4.78, 5) is 32.4. The van der Waals surface area contributed by atoms with Gasteiger partial charge in [0, 0.05) is 23.6 Å². The van der Waals surface area contributed by atoms with E-state index in [1.165, 1.54) is 0 Å². The Morgan fingerprint density at radius 3 is 2.60 bits per heavy atom. The predicted molar refractivity (Wildman–Crippen MR) is 96.2 cm³/mol. The third-order valence-electron chi connectivity index (χ3n) is 4.87. The lowest BCUT2D eigenvalue weighted by atomic mass is 9.69. The maximum Gasteiger partial charge on any atom is 0.258 e. The highest BCUT2D eigenvalue weighted by molar-refractivity contribution is 6.01. The van der Waals surface area contributed by atoms with Crippen LogP contribution < -0.4 is 16.6 Å². The lowest BCUT2D eigenvalue weighted by molar-refractivity contribution is -0.118. The van der Waals surface area contributed by atoms with E-state index in [2.05, 4.69) is 29.1 Å². The summed E-state index contributed by atoms with van der Waals surface area (Å²) in [6, 6.07) is 9.61. The van der Waals surface area contributed by atoms with Gasteiger partial charge in [-0.25, -0.2) is 0 Å². The van der Waals surface area contributed by atoms with Crippen molar-refractivity contribution >= 4 is 17.5 Å². The van der Waals surface area contributed by atoms with Gasteiger partial charge in [0.2, 0.25) is 5.95 Å². The zero-order valence-electron chi connectivity index (χ0n) is 14.2. The number of Topliss-reactive ketones (excluding diaryl/α,β-unsaturated/α-hetero) is 1. The van der Waals surface area contributed by atoms with Crippen molar-refractivity contribution in [2.45, 2.75) is 32.6 Å². The van der Waals surface area contributed by atoms with Crippen molar-refractivity contribution in [3.8, 4) is 0 Å². The van der Waals surface area contributed by atoms with Crippen LogP contribution >= 0.6 is 0 Å². The van der Waals surface area contributed by atoms with Crippen molar-refractivity contribution in [1.29, 1.82) is 0 Å². The molecule has 0 bridgehead atoms. The van der Waals surface area contributed by atoms with Crippen molar-refractivity contribution in [2.24, 2.45) is 5.41 Å². The number of hydrogen-bond donors (Lipinski definition) is 3. The van der Waals surface area contributed by atoms with Crippen LogP contribution in [-0.2, 0) is 4.79 Å². The third kappa shape index (κ3) is 2.54. The van der Waals surface area contributed by atoms with E-state index in [1.54, 1.807) is 0 Å². The van der Waals surface area contributed by atoms with Gasteiger partial charge in [-0.2, -0.15) is 4.98 Å². The Hall–Kier alpha value is -2.89. The molecular weight excluding hydrogens is 316 g/mol. The summed E-state index contributed by atoms with van der Waals surface area (Å²) in [7, 11) is 0. The highest BCUT2D eigenvalue weighted by atomic mass is 16.1. The van der Waals surface area contributed by atoms with Gasteiger partial charge in [0.05, 0.1) is 5.56 Å². The molecular formula is C19H20N4O2. The molecule has 0 fully saturated rings. The van der Waals surface area contributed by atoms with E-state index < -0.39 is 5.92 Å². The van der Waals surface area contributed by atoms with Gasteiger partial charge in [0.1, 0.15) is 5.82 Å². The molecule has 6 heteroatoms. The summed E-state index contributed by atoms with van der Waals surface area (Å²) in [6.07, 6.45) is 1.19. The Balaban J connectivity index is 2.00. The lowest BCUT2D eigenvalue weighted by Crippen LogP contribution is -2.37. The minimum Gasteiger partial charge on any atom is -0.369 e. The molecule has 1 aromatic heterocycles. The smallest absolute Gasteiger partial charge is 0.258 e. The molecule has 1 aliphatic heterocycles. The quantitative estimate of drug-likeness (QED) is 0.743. The first-order chi connectivity index (χ1) is 11.9. The maximum absolute atomic E-state index is 13.0. The number of nitrogens with zero attached hydrogens (tertiary/aromatic N) is 1. The number of fused-ring (bicyclic) bond motifs is 1. The molecule has 0 unspecified atom stereocenters. The SMILES string of the molecule is CC1(C)CC(=O)C2=C(C1)Nc1nc(N)[nH]c(=O)c1[C@@H]2c1ccccc1. The zero-order chi connectivity index (χ0) is 17.8. The molecule has 2 aliphatic rings. The average molecular weight is 336 g/mol. The Morgan fingerprint density at radius 2 is 1.88 bits per heavy atom. The van der Waals surface area contributed by atoms with Crippen molar-refractivity contribution in [1.82, 2.24) is 9.97 Å². The molecule has 0 saturated heterocycles. The van der Waals surface area contributed by atoms with E-state index in [-0.39, 0.29) is 22.7 Å². The van der Waals surface area contributed by atoms with Crippen molar-refractivity contribution in [2.75, 3.05) is 11.1 Å². The van der Waals surface area contributed by atoms with E-state index in [1.807, 2.05) is 30.3 Å². The molecule has 1 aliphatic carbocycles. The molecule has 2 heterocycles. The number of rotatable bonds is 1. The van der Waals surface area contributed by atoms with Gasteiger partial charge in [-0.1, -0.05) is 44.2 Å². The zero-order valence-corrected chi connectivity index (χ0v) is 14.2. The number of carbonyl (C=O) groups is 1. The second-order valence-electron chi connectivity index (χ2n) is 7.52. The highest BCUT2D eigenvalue weighted by Crippen LogP contribution is 2.47. The Morgan fingerprint density at radius 1 is 1.16 bits per heavy atom. The minimum atomic E-state index is -0.423. The monoisotopic (exact) mass is 336 g/mol. The van der Waals surface area contributed by atoms with E-state index >= 15 is 0 Å². The highest BCUT2D eigenvalue weighted by Gasteiger charge is 2.42. The second-order valence-corrected chi connectivity index (χ2v) is 7.52. The number of carbonyl (C=O) groups excluding carboxylic acids is 1. The number of H-pyrrole nitrogens is 1. The topological polar surface area (TPSA) is 101 Å². The molecule has 0 saturated carbocycles. The Labute approximate surface area is 145 Å². The van der Waals surface area contributed by atoms with Crippen LogP contribution in [0.15, 0.2) is 46.4 Å². The van der Waals surface area contributed by atoms with Crippen LogP contribution in [0.5, 0.6) is 0 Å². The summed E-state index contributed by atoms with van der Waals surface area (Å²) in [5, 5.41) is 3.21. The number of aromatic amines is 1. The fraction of sp³-hybridized carbons (Fsp3) is 0.316. The van der Waals surface area contributed by atoms with E-state index in [0.29, 0.717) is 23.4 Å². The van der Waals surface area contributed by atoms with Gasteiger partial charge in [0.25, 0.3) is 5.56 Å². The van der Waals surface area contributed by atoms with Crippen molar-refractivity contribution in [3.05, 3.63) is 63.1 Å². The van der Waals surface area contributed by atoms with Gasteiger partial charge in [0.15, 0.2) is 5.78 Å². The van der Waals surface area contributed by atoms with Crippen LogP contribution in [0, 0.1) is 5.41 Å². The largest absolute Gasteiger partial charge is 0.369 e. The molecule has 0 spiro atoms. The van der Waals surface area contributed by atoms with Crippen LogP contribution in [0.4, 0.5) is 11.8 Å². The summed E-state index contributed by atoms with van der Waals surface area (Å²) in [5.41, 5.74) is 8.16. The molecule has 4 N–H and O–H groups in total.